The predicted octanol–water partition coefficient (Wildman–Crippen LogP) is 4.14. The molecule has 0 unspecified atom stereocenters. The lowest BCUT2D eigenvalue weighted by atomic mass is 9.82. The zero-order valence-electron chi connectivity index (χ0n) is 15.3. The van der Waals surface area contributed by atoms with Crippen molar-refractivity contribution in [3.8, 4) is 0 Å². The molecule has 1 fully saturated rings. The average Bonchev–Trinajstić information content (AvgIpc) is 2.60. The first-order valence-corrected chi connectivity index (χ1v) is 9.46. The van der Waals surface area contributed by atoms with E-state index in [1.54, 1.807) is 0 Å². The summed E-state index contributed by atoms with van der Waals surface area (Å²) in [5, 5.41) is 19.8. The van der Waals surface area contributed by atoms with Gasteiger partial charge < -0.3 is 15.9 Å². The number of aliphatic carboxylic acids is 1. The Morgan fingerprint density at radius 1 is 1.15 bits per heavy atom. The molecule has 0 amide bonds. The van der Waals surface area contributed by atoms with Crippen LogP contribution < -0.4 is 5.73 Å². The monoisotopic (exact) mass is 387 g/mol. The van der Waals surface area contributed by atoms with E-state index in [9.17, 15) is 28.2 Å². The molecule has 2 atom stereocenters. The van der Waals surface area contributed by atoms with E-state index in [1.807, 2.05) is 0 Å². The summed E-state index contributed by atoms with van der Waals surface area (Å²) >= 11 is 0. The molecular formula is C20H28F3NO3. The fraction of sp³-hybridized carbons (Fsp3) is 0.650. The number of halogens is 3. The van der Waals surface area contributed by atoms with E-state index in [4.69, 9.17) is 5.73 Å². The van der Waals surface area contributed by atoms with Crippen molar-refractivity contribution in [2.45, 2.75) is 75.6 Å². The minimum Gasteiger partial charge on any atom is -0.480 e. The number of rotatable bonds is 8. The van der Waals surface area contributed by atoms with Crippen LogP contribution in [0.15, 0.2) is 24.3 Å². The molecule has 1 saturated carbocycles. The van der Waals surface area contributed by atoms with Crippen LogP contribution in [0, 0.1) is 5.92 Å². The molecule has 0 aromatic heterocycles. The maximum Gasteiger partial charge on any atom is 0.416 e. The van der Waals surface area contributed by atoms with Crippen molar-refractivity contribution in [1.82, 2.24) is 0 Å². The van der Waals surface area contributed by atoms with Crippen LogP contribution in [0.25, 0.3) is 0 Å². The largest absolute Gasteiger partial charge is 0.480 e. The highest BCUT2D eigenvalue weighted by Crippen LogP contribution is 2.31. The molecule has 0 bridgehead atoms. The van der Waals surface area contributed by atoms with Gasteiger partial charge >= 0.3 is 12.1 Å². The average molecular weight is 387 g/mol. The number of aliphatic hydroxyl groups excluding tert-OH is 1. The molecule has 1 aromatic carbocycles. The Morgan fingerprint density at radius 2 is 1.74 bits per heavy atom. The standard InChI is InChI=1S/C20H28F3NO3/c21-20(22,23)16-9-6-15(7-10-16)12-19(24,18(26)27)13-17(25)11-8-14-4-2-1-3-5-14/h6-7,9-10,14,17,25H,1-5,8,11-13,24H2,(H,26,27)/t17-,19+/m0/s1. The summed E-state index contributed by atoms with van der Waals surface area (Å²) in [6, 6.07) is 4.30. The Labute approximate surface area is 157 Å². The highest BCUT2D eigenvalue weighted by molar-refractivity contribution is 5.79. The first-order valence-electron chi connectivity index (χ1n) is 9.46. The Balaban J connectivity index is 1.95. The van der Waals surface area contributed by atoms with Crippen LogP contribution in [-0.4, -0.2) is 27.8 Å². The number of nitrogens with two attached hydrogens (primary N) is 1. The molecule has 7 heteroatoms. The van der Waals surface area contributed by atoms with Gasteiger partial charge in [0.15, 0.2) is 0 Å². The van der Waals surface area contributed by atoms with Crippen molar-refractivity contribution >= 4 is 5.97 Å². The van der Waals surface area contributed by atoms with E-state index >= 15 is 0 Å². The fourth-order valence-electron chi connectivity index (χ4n) is 3.84. The number of aliphatic hydroxyl groups is 1. The van der Waals surface area contributed by atoms with Gasteiger partial charge in [0.2, 0.25) is 0 Å². The smallest absolute Gasteiger partial charge is 0.416 e. The third kappa shape index (κ3) is 6.50. The minimum absolute atomic E-state index is 0.129. The summed E-state index contributed by atoms with van der Waals surface area (Å²) in [5.74, 6) is -0.695. The second kappa shape index (κ2) is 9.06. The van der Waals surface area contributed by atoms with Crippen molar-refractivity contribution in [1.29, 1.82) is 0 Å². The maximum atomic E-state index is 12.6. The molecule has 1 aliphatic rings. The van der Waals surface area contributed by atoms with Crippen molar-refractivity contribution < 1.29 is 28.2 Å². The van der Waals surface area contributed by atoms with Crippen LogP contribution in [0.1, 0.15) is 62.5 Å². The molecule has 4 nitrogen and oxygen atoms in total. The summed E-state index contributed by atoms with van der Waals surface area (Å²) in [4.78, 5) is 11.7. The first-order chi connectivity index (χ1) is 12.6. The van der Waals surface area contributed by atoms with Gasteiger partial charge in [0.25, 0.3) is 0 Å². The number of hydrogen-bond acceptors (Lipinski definition) is 3. The van der Waals surface area contributed by atoms with Gasteiger partial charge in [-0.2, -0.15) is 13.2 Å². The van der Waals surface area contributed by atoms with Crippen molar-refractivity contribution in [3.05, 3.63) is 35.4 Å². The fourth-order valence-corrected chi connectivity index (χ4v) is 3.84. The molecule has 0 saturated heterocycles. The summed E-state index contributed by atoms with van der Waals surface area (Å²) in [5.41, 5.74) is 3.91. The molecule has 2 rings (SSSR count). The van der Waals surface area contributed by atoms with Crippen LogP contribution in [0.3, 0.4) is 0 Å². The predicted molar refractivity (Wildman–Crippen MR) is 96.1 cm³/mol. The molecule has 4 N–H and O–H groups in total. The van der Waals surface area contributed by atoms with Crippen LogP contribution in [0.5, 0.6) is 0 Å². The van der Waals surface area contributed by atoms with Crippen LogP contribution >= 0.6 is 0 Å². The van der Waals surface area contributed by atoms with Gasteiger partial charge in [-0.1, -0.05) is 44.2 Å². The van der Waals surface area contributed by atoms with Crippen molar-refractivity contribution in [2.75, 3.05) is 0 Å². The Kier molecular flexibility index (Phi) is 7.28. The third-order valence-corrected chi connectivity index (χ3v) is 5.46. The van der Waals surface area contributed by atoms with Gasteiger partial charge in [-0.15, -0.1) is 0 Å². The van der Waals surface area contributed by atoms with Gasteiger partial charge in [0.05, 0.1) is 11.7 Å². The van der Waals surface area contributed by atoms with E-state index in [0.717, 1.165) is 31.4 Å². The van der Waals surface area contributed by atoms with Gasteiger partial charge in [-0.25, -0.2) is 0 Å². The Bertz CT molecular complexity index is 612. The molecular weight excluding hydrogens is 359 g/mol. The second-order valence-electron chi connectivity index (χ2n) is 7.77. The SMILES string of the molecule is N[C@](Cc1ccc(C(F)(F)F)cc1)(C[C@@H](O)CCC1CCCCC1)C(=O)O. The number of benzene rings is 1. The molecule has 152 valence electrons. The van der Waals surface area contributed by atoms with Gasteiger partial charge in [0, 0.05) is 12.8 Å². The van der Waals surface area contributed by atoms with E-state index < -0.39 is 29.4 Å². The maximum absolute atomic E-state index is 12.6. The van der Waals surface area contributed by atoms with E-state index in [0.29, 0.717) is 17.9 Å². The number of carbonyl (C=O) groups is 1. The number of alkyl halides is 3. The Hall–Kier alpha value is -1.60. The minimum atomic E-state index is -4.44. The zero-order valence-corrected chi connectivity index (χ0v) is 15.3. The quantitative estimate of drug-likeness (QED) is 0.626. The topological polar surface area (TPSA) is 83.5 Å². The molecule has 0 spiro atoms. The second-order valence-corrected chi connectivity index (χ2v) is 7.77. The highest BCUT2D eigenvalue weighted by atomic mass is 19.4. The molecule has 0 heterocycles. The Morgan fingerprint density at radius 3 is 2.26 bits per heavy atom. The number of carboxylic acid groups (broad SMARTS) is 1. The van der Waals surface area contributed by atoms with Gasteiger partial charge in [-0.05, 0) is 36.5 Å². The van der Waals surface area contributed by atoms with Crippen molar-refractivity contribution in [3.63, 3.8) is 0 Å². The molecule has 0 aliphatic heterocycles. The van der Waals surface area contributed by atoms with Gasteiger partial charge in [0.1, 0.15) is 5.54 Å². The molecule has 1 aliphatic carbocycles. The van der Waals surface area contributed by atoms with E-state index in [1.165, 1.54) is 31.4 Å². The highest BCUT2D eigenvalue weighted by Gasteiger charge is 2.37. The lowest BCUT2D eigenvalue weighted by Crippen LogP contribution is -2.52. The first kappa shape index (κ1) is 21.7. The van der Waals surface area contributed by atoms with Crippen LogP contribution in [0.4, 0.5) is 13.2 Å². The summed E-state index contributed by atoms with van der Waals surface area (Å²) in [6.45, 7) is 0. The van der Waals surface area contributed by atoms with E-state index in [2.05, 4.69) is 0 Å². The summed E-state index contributed by atoms with van der Waals surface area (Å²) in [6.07, 6.45) is 1.71. The lowest BCUT2D eigenvalue weighted by molar-refractivity contribution is -0.144. The van der Waals surface area contributed by atoms with Crippen molar-refractivity contribution in [2.24, 2.45) is 11.7 Å². The number of carboxylic acids is 1. The third-order valence-electron chi connectivity index (χ3n) is 5.46. The summed E-state index contributed by atoms with van der Waals surface area (Å²) < 4.78 is 37.9. The molecule has 27 heavy (non-hydrogen) atoms. The van der Waals surface area contributed by atoms with E-state index in [-0.39, 0.29) is 12.8 Å². The molecule has 1 aromatic rings. The molecule has 0 radical (unpaired) electrons. The normalized spacial score (nSPS) is 19.4. The lowest BCUT2D eigenvalue weighted by Gasteiger charge is -2.29. The zero-order chi connectivity index (χ0) is 20.1. The summed E-state index contributed by atoms with van der Waals surface area (Å²) in [7, 11) is 0. The van der Waals surface area contributed by atoms with Crippen LogP contribution in [0.2, 0.25) is 0 Å². The van der Waals surface area contributed by atoms with Gasteiger partial charge in [-0.3, -0.25) is 4.79 Å². The van der Waals surface area contributed by atoms with Crippen LogP contribution in [-0.2, 0) is 17.4 Å². The number of hydrogen-bond donors (Lipinski definition) is 3.